The summed E-state index contributed by atoms with van der Waals surface area (Å²) in [6.45, 7) is 13.5. The largest absolute Gasteiger partial charge is 0.309 e. The molecule has 0 bridgehead atoms. The van der Waals surface area contributed by atoms with Crippen molar-refractivity contribution in [2.75, 3.05) is 0 Å². The van der Waals surface area contributed by atoms with Crippen molar-refractivity contribution in [1.29, 1.82) is 0 Å². The van der Waals surface area contributed by atoms with Gasteiger partial charge in [0.1, 0.15) is 5.82 Å². The molecule has 0 radical (unpaired) electrons. The van der Waals surface area contributed by atoms with E-state index in [9.17, 15) is 0 Å². The summed E-state index contributed by atoms with van der Waals surface area (Å²) in [5, 5.41) is 7.36. The maximum Gasteiger partial charge on any atom is 0.137 e. The van der Waals surface area contributed by atoms with Crippen LogP contribution in [-0.2, 0) is 10.8 Å². The van der Waals surface area contributed by atoms with Crippen LogP contribution in [0.2, 0.25) is 0 Å². The average Bonchev–Trinajstić information content (AvgIpc) is 3.61. The summed E-state index contributed by atoms with van der Waals surface area (Å²) in [6.07, 6.45) is 3.89. The van der Waals surface area contributed by atoms with E-state index in [4.69, 9.17) is 9.97 Å². The smallest absolute Gasteiger partial charge is 0.137 e. The van der Waals surface area contributed by atoms with E-state index in [1.54, 1.807) is 0 Å². The van der Waals surface area contributed by atoms with Crippen LogP contribution in [0, 0.1) is 0 Å². The van der Waals surface area contributed by atoms with Gasteiger partial charge >= 0.3 is 0 Å². The molecule has 244 valence electrons. The lowest BCUT2D eigenvalue weighted by atomic mass is 9.87. The highest BCUT2D eigenvalue weighted by molar-refractivity contribution is 6.15. The molecule has 4 heteroatoms. The summed E-state index contributed by atoms with van der Waals surface area (Å²) in [7, 11) is 0. The van der Waals surface area contributed by atoms with Crippen LogP contribution in [-0.4, -0.2) is 19.1 Å². The van der Waals surface area contributed by atoms with Crippen molar-refractivity contribution in [3.8, 4) is 22.8 Å². The zero-order valence-corrected chi connectivity index (χ0v) is 29.5. The Hall–Kier alpha value is -5.74. The van der Waals surface area contributed by atoms with Gasteiger partial charge in [0.25, 0.3) is 0 Å². The standard InChI is InChI=1S/C46H40N4/c1-45(2,3)32-19-21-47-39(26-32)31-15-17-37-38-23-29-11-7-8-12-30(29)24-42(38)49(41(37)25-31)34-16-18-36-35-13-9-10-14-40(35)50(43(36)28-34)44-27-33(20-22-48-44)46(4,5)6/h7-28H,1-6H3. The van der Waals surface area contributed by atoms with Crippen LogP contribution >= 0.6 is 0 Å². The predicted octanol–water partition coefficient (Wildman–Crippen LogP) is 12.1. The second-order valence-corrected chi connectivity index (χ2v) is 15.7. The Kier molecular flexibility index (Phi) is 6.60. The first kappa shape index (κ1) is 30.3. The molecule has 0 aliphatic carbocycles. The molecule has 0 fully saturated rings. The zero-order chi connectivity index (χ0) is 34.4. The number of pyridine rings is 2. The Labute approximate surface area is 292 Å². The SMILES string of the molecule is CC(C)(C)c1ccnc(-c2ccc3c4cc5ccccc5cc4n(-c4ccc5c6ccccc6n(-c6cc(C(C)(C)C)ccn6)c5c4)c3c2)c1. The molecule has 0 N–H and O–H groups in total. The van der Waals surface area contributed by atoms with E-state index in [2.05, 4.69) is 172 Å². The minimum absolute atomic E-state index is 0.00627. The van der Waals surface area contributed by atoms with Crippen molar-refractivity contribution >= 4 is 54.4 Å². The van der Waals surface area contributed by atoms with E-state index in [1.165, 1.54) is 49.0 Å². The van der Waals surface area contributed by atoms with Gasteiger partial charge in [-0.3, -0.25) is 9.55 Å². The Balaban J connectivity index is 1.35. The van der Waals surface area contributed by atoms with Crippen LogP contribution in [0.25, 0.3) is 77.1 Å². The van der Waals surface area contributed by atoms with E-state index in [1.807, 2.05) is 12.4 Å². The van der Waals surface area contributed by atoms with Gasteiger partial charge < -0.3 is 4.57 Å². The van der Waals surface area contributed by atoms with Gasteiger partial charge in [-0.15, -0.1) is 0 Å². The topological polar surface area (TPSA) is 35.6 Å². The van der Waals surface area contributed by atoms with Gasteiger partial charge in [-0.25, -0.2) is 4.98 Å². The average molecular weight is 649 g/mol. The monoisotopic (exact) mass is 648 g/mol. The summed E-state index contributed by atoms with van der Waals surface area (Å²) in [5.74, 6) is 0.932. The Morgan fingerprint density at radius 1 is 0.440 bits per heavy atom. The van der Waals surface area contributed by atoms with Gasteiger partial charge in [-0.2, -0.15) is 0 Å². The van der Waals surface area contributed by atoms with Crippen molar-refractivity contribution < 1.29 is 0 Å². The van der Waals surface area contributed by atoms with E-state index in [-0.39, 0.29) is 10.8 Å². The summed E-state index contributed by atoms with van der Waals surface area (Å²) in [4.78, 5) is 9.79. The molecular formula is C46H40N4. The van der Waals surface area contributed by atoms with Crippen LogP contribution in [0.15, 0.2) is 134 Å². The molecule has 50 heavy (non-hydrogen) atoms. The number of hydrogen-bond donors (Lipinski definition) is 0. The highest BCUT2D eigenvalue weighted by Gasteiger charge is 2.21. The van der Waals surface area contributed by atoms with E-state index in [0.29, 0.717) is 0 Å². The number of nitrogens with zero attached hydrogens (tertiary/aromatic N) is 4. The number of fused-ring (bicyclic) bond motifs is 7. The molecule has 0 amide bonds. The first-order valence-electron chi connectivity index (χ1n) is 17.5. The number of para-hydroxylation sites is 1. The quantitative estimate of drug-likeness (QED) is 0.191. The minimum Gasteiger partial charge on any atom is -0.309 e. The first-order chi connectivity index (χ1) is 24.0. The second-order valence-electron chi connectivity index (χ2n) is 15.7. The molecule has 0 atom stereocenters. The first-order valence-corrected chi connectivity index (χ1v) is 17.5. The maximum absolute atomic E-state index is 4.94. The lowest BCUT2D eigenvalue weighted by molar-refractivity contribution is 0.588. The Morgan fingerprint density at radius 2 is 1.04 bits per heavy atom. The minimum atomic E-state index is 0.00627. The van der Waals surface area contributed by atoms with E-state index >= 15 is 0 Å². The van der Waals surface area contributed by atoms with Gasteiger partial charge in [0.15, 0.2) is 0 Å². The third-order valence-corrected chi connectivity index (χ3v) is 10.3. The number of benzene rings is 5. The number of rotatable bonds is 3. The molecule has 9 rings (SSSR count). The molecule has 4 aromatic heterocycles. The van der Waals surface area contributed by atoms with Crippen molar-refractivity contribution in [3.05, 3.63) is 145 Å². The lowest BCUT2D eigenvalue weighted by Gasteiger charge is -2.20. The lowest BCUT2D eigenvalue weighted by Crippen LogP contribution is -2.12. The maximum atomic E-state index is 4.94. The number of hydrogen-bond acceptors (Lipinski definition) is 2. The summed E-state index contributed by atoms with van der Waals surface area (Å²) in [5.41, 5.74) is 10.4. The normalized spacial score (nSPS) is 12.6. The van der Waals surface area contributed by atoms with Gasteiger partial charge in [0, 0.05) is 45.2 Å². The van der Waals surface area contributed by atoms with Crippen molar-refractivity contribution in [3.63, 3.8) is 0 Å². The molecule has 0 saturated carbocycles. The van der Waals surface area contributed by atoms with Crippen LogP contribution in [0.1, 0.15) is 52.7 Å². The van der Waals surface area contributed by atoms with Crippen molar-refractivity contribution in [2.24, 2.45) is 0 Å². The summed E-state index contributed by atoms with van der Waals surface area (Å²) in [6, 6.07) is 44.5. The van der Waals surface area contributed by atoms with Gasteiger partial charge in [-0.05, 0) is 93.4 Å². The van der Waals surface area contributed by atoms with Crippen molar-refractivity contribution in [1.82, 2.24) is 19.1 Å². The highest BCUT2D eigenvalue weighted by atomic mass is 15.1. The molecule has 4 nitrogen and oxygen atoms in total. The zero-order valence-electron chi connectivity index (χ0n) is 29.5. The van der Waals surface area contributed by atoms with Gasteiger partial charge in [-0.1, -0.05) is 102 Å². The third-order valence-electron chi connectivity index (χ3n) is 10.3. The Bertz CT molecular complexity index is 2780. The van der Waals surface area contributed by atoms with Crippen LogP contribution in [0.4, 0.5) is 0 Å². The molecule has 0 saturated heterocycles. The molecule has 0 aliphatic heterocycles. The predicted molar refractivity (Wildman–Crippen MR) is 211 cm³/mol. The Morgan fingerprint density at radius 3 is 1.82 bits per heavy atom. The van der Waals surface area contributed by atoms with Crippen LogP contribution < -0.4 is 0 Å². The second kappa shape index (κ2) is 10.9. The molecule has 9 aromatic rings. The highest BCUT2D eigenvalue weighted by Crippen LogP contribution is 2.40. The van der Waals surface area contributed by atoms with Crippen LogP contribution in [0.3, 0.4) is 0 Å². The fraction of sp³-hybridized carbons (Fsp3) is 0.174. The molecule has 0 spiro atoms. The summed E-state index contributed by atoms with van der Waals surface area (Å²) >= 11 is 0. The number of aromatic nitrogens is 4. The summed E-state index contributed by atoms with van der Waals surface area (Å²) < 4.78 is 4.77. The fourth-order valence-electron chi connectivity index (χ4n) is 7.55. The molecule has 4 heterocycles. The van der Waals surface area contributed by atoms with Crippen molar-refractivity contribution in [2.45, 2.75) is 52.4 Å². The molecular weight excluding hydrogens is 609 g/mol. The molecule has 5 aromatic carbocycles. The van der Waals surface area contributed by atoms with Crippen LogP contribution in [0.5, 0.6) is 0 Å². The molecule has 0 unspecified atom stereocenters. The van der Waals surface area contributed by atoms with Gasteiger partial charge in [0.2, 0.25) is 0 Å². The van der Waals surface area contributed by atoms with E-state index < -0.39 is 0 Å². The van der Waals surface area contributed by atoms with Gasteiger partial charge in [0.05, 0.1) is 27.8 Å². The van der Waals surface area contributed by atoms with E-state index in [0.717, 1.165) is 39.3 Å². The molecule has 0 aliphatic rings. The fourth-order valence-corrected chi connectivity index (χ4v) is 7.55. The third kappa shape index (κ3) is 4.81.